The van der Waals surface area contributed by atoms with E-state index in [4.69, 9.17) is 18.9 Å². The van der Waals surface area contributed by atoms with Gasteiger partial charge in [0.2, 0.25) is 15.8 Å². The van der Waals surface area contributed by atoms with Gasteiger partial charge in [0.05, 0.1) is 43.6 Å². The molecule has 0 atom stereocenters. The van der Waals surface area contributed by atoms with Gasteiger partial charge in [-0.3, -0.25) is 0 Å². The van der Waals surface area contributed by atoms with Crippen LogP contribution in [0.25, 0.3) is 11.4 Å². The van der Waals surface area contributed by atoms with Gasteiger partial charge in [-0.05, 0) is 127 Å². The summed E-state index contributed by atoms with van der Waals surface area (Å²) in [7, 11) is -4.40. The standard InChI is InChI=1S/C40H45IN6O9S2/c1-40(2,3)56-39(48)42-29-21-33(22-29)57(49,50)35-20-19-34(41)36(38-43-45-47(44-38)25-28-11-17-32(55-6)18-12-28)37(35)58(51,52)46(23-26-7-13-30(53-4)14-8-26)24-27-9-15-31(54-5)16-10-27/h7-20,29,33H,21-25H2,1-6H3,(H,42,48). The summed E-state index contributed by atoms with van der Waals surface area (Å²) in [6.07, 6.45) is -0.551. The minimum Gasteiger partial charge on any atom is -0.497 e. The van der Waals surface area contributed by atoms with E-state index >= 15 is 8.42 Å². The van der Waals surface area contributed by atoms with E-state index in [1.54, 1.807) is 94.6 Å². The van der Waals surface area contributed by atoms with Crippen LogP contribution >= 0.6 is 22.6 Å². The van der Waals surface area contributed by atoms with Crippen molar-refractivity contribution in [2.75, 3.05) is 21.3 Å². The molecule has 0 unspecified atom stereocenters. The molecule has 1 fully saturated rings. The van der Waals surface area contributed by atoms with Gasteiger partial charge in [-0.2, -0.15) is 9.10 Å². The van der Waals surface area contributed by atoms with Gasteiger partial charge in [0.15, 0.2) is 9.84 Å². The fourth-order valence-electron chi connectivity index (χ4n) is 6.35. The summed E-state index contributed by atoms with van der Waals surface area (Å²) in [6.45, 7) is 5.15. The van der Waals surface area contributed by atoms with Crippen LogP contribution in [0.2, 0.25) is 0 Å². The quantitative estimate of drug-likeness (QED) is 0.117. The number of halogens is 1. The third kappa shape index (κ3) is 9.90. The Morgan fingerprint density at radius 1 is 0.793 bits per heavy atom. The Morgan fingerprint density at radius 2 is 1.29 bits per heavy atom. The monoisotopic (exact) mass is 944 g/mol. The van der Waals surface area contributed by atoms with Gasteiger partial charge in [-0.15, -0.1) is 10.2 Å². The topological polar surface area (TPSA) is 181 Å². The van der Waals surface area contributed by atoms with E-state index in [0.29, 0.717) is 31.9 Å². The smallest absolute Gasteiger partial charge is 0.407 e. The third-order valence-electron chi connectivity index (χ3n) is 9.43. The van der Waals surface area contributed by atoms with Crippen molar-refractivity contribution in [3.63, 3.8) is 0 Å². The van der Waals surface area contributed by atoms with Crippen molar-refractivity contribution in [3.8, 4) is 28.6 Å². The molecular formula is C40H45IN6O9S2. The van der Waals surface area contributed by atoms with Crippen LogP contribution in [0.15, 0.2) is 94.7 Å². The highest BCUT2D eigenvalue weighted by atomic mass is 127. The second-order valence-corrected chi connectivity index (χ2v) is 19.9. The van der Waals surface area contributed by atoms with Crippen LogP contribution in [-0.4, -0.2) is 85.7 Å². The average Bonchev–Trinajstić information content (AvgIpc) is 3.63. The highest BCUT2D eigenvalue weighted by Crippen LogP contribution is 2.41. The van der Waals surface area contributed by atoms with Crippen LogP contribution in [0.5, 0.6) is 17.2 Å². The predicted molar refractivity (Wildman–Crippen MR) is 224 cm³/mol. The minimum absolute atomic E-state index is 0.000119. The molecule has 1 saturated carbocycles. The van der Waals surface area contributed by atoms with Crippen molar-refractivity contribution >= 4 is 48.5 Å². The fourth-order valence-corrected chi connectivity index (χ4v) is 11.5. The van der Waals surface area contributed by atoms with E-state index in [0.717, 1.165) is 5.56 Å². The number of carbonyl (C=O) groups excluding carboxylic acids is 1. The molecule has 4 aromatic carbocycles. The average molecular weight is 945 g/mol. The number of amides is 1. The fraction of sp³-hybridized carbons (Fsp3) is 0.350. The summed E-state index contributed by atoms with van der Waals surface area (Å²) in [5.41, 5.74) is 1.35. The number of tetrazole rings is 1. The first-order valence-electron chi connectivity index (χ1n) is 18.2. The molecule has 1 amide bonds. The summed E-state index contributed by atoms with van der Waals surface area (Å²) in [5, 5.41) is 14.8. The third-order valence-corrected chi connectivity index (χ3v) is 14.5. The van der Waals surface area contributed by atoms with Crippen LogP contribution in [0, 0.1) is 3.57 Å². The van der Waals surface area contributed by atoms with Gasteiger partial charge in [-0.1, -0.05) is 36.4 Å². The second-order valence-electron chi connectivity index (χ2n) is 14.7. The molecule has 308 valence electrons. The lowest BCUT2D eigenvalue weighted by Gasteiger charge is -2.36. The van der Waals surface area contributed by atoms with Gasteiger partial charge in [0.25, 0.3) is 0 Å². The zero-order chi connectivity index (χ0) is 41.8. The lowest BCUT2D eigenvalue weighted by Crippen LogP contribution is -2.51. The molecule has 1 aliphatic rings. The first-order valence-corrected chi connectivity index (χ1v) is 22.3. The van der Waals surface area contributed by atoms with Gasteiger partial charge in [0, 0.05) is 22.7 Å². The number of aromatic nitrogens is 4. The first-order chi connectivity index (χ1) is 27.5. The summed E-state index contributed by atoms with van der Waals surface area (Å²) in [5.74, 6) is 1.78. The molecule has 0 radical (unpaired) electrons. The highest BCUT2D eigenvalue weighted by Gasteiger charge is 2.45. The summed E-state index contributed by atoms with van der Waals surface area (Å²) < 4.78 is 83.2. The number of carbonyl (C=O) groups is 1. The Morgan fingerprint density at radius 3 is 1.78 bits per heavy atom. The molecular weight excluding hydrogens is 900 g/mol. The maximum absolute atomic E-state index is 15.5. The number of hydrogen-bond donors (Lipinski definition) is 1. The number of rotatable bonds is 15. The summed E-state index contributed by atoms with van der Waals surface area (Å²) >= 11 is 1.97. The lowest BCUT2D eigenvalue weighted by atomic mass is 9.92. The molecule has 0 spiro atoms. The molecule has 0 saturated heterocycles. The molecule has 15 nitrogen and oxygen atoms in total. The van der Waals surface area contributed by atoms with Crippen LogP contribution in [0.3, 0.4) is 0 Å². The molecule has 0 aliphatic heterocycles. The van der Waals surface area contributed by atoms with E-state index in [1.165, 1.54) is 29.4 Å². The van der Waals surface area contributed by atoms with Gasteiger partial charge >= 0.3 is 6.09 Å². The maximum Gasteiger partial charge on any atom is 0.407 e. The molecule has 1 aliphatic carbocycles. The Labute approximate surface area is 352 Å². The van der Waals surface area contributed by atoms with Crippen LogP contribution in [0.4, 0.5) is 4.79 Å². The normalized spacial score (nSPS) is 15.7. The Balaban J connectivity index is 1.46. The van der Waals surface area contributed by atoms with E-state index in [-0.39, 0.29) is 43.9 Å². The second kappa shape index (κ2) is 17.6. The molecule has 1 aromatic heterocycles. The number of nitrogens with zero attached hydrogens (tertiary/aromatic N) is 5. The molecule has 0 bridgehead atoms. The predicted octanol–water partition coefficient (Wildman–Crippen LogP) is 6.24. The van der Waals surface area contributed by atoms with Crippen molar-refractivity contribution in [3.05, 3.63) is 105 Å². The molecule has 18 heteroatoms. The molecule has 1 N–H and O–H groups in total. The Kier molecular flexibility index (Phi) is 13.0. The number of methoxy groups -OCH3 is 3. The number of nitrogens with one attached hydrogen (secondary N) is 1. The SMILES string of the molecule is COc1ccc(CN(Cc2ccc(OC)cc2)S(=O)(=O)c2c(S(=O)(=O)C3CC(NC(=O)OC(C)(C)C)C3)ccc(I)c2-c2nnn(Cc3ccc(OC)cc3)n2)cc1. The van der Waals surface area contributed by atoms with Gasteiger partial charge in [0.1, 0.15) is 27.7 Å². The molecule has 1 heterocycles. The van der Waals surface area contributed by atoms with Crippen LogP contribution < -0.4 is 19.5 Å². The largest absolute Gasteiger partial charge is 0.497 e. The molecule has 58 heavy (non-hydrogen) atoms. The van der Waals surface area contributed by atoms with Crippen molar-refractivity contribution in [2.45, 2.75) is 79.9 Å². The van der Waals surface area contributed by atoms with Crippen LogP contribution in [-0.2, 0) is 44.2 Å². The number of sulfone groups is 1. The number of sulfonamides is 1. The number of alkyl carbamates (subject to hydrolysis) is 1. The Bertz CT molecular complexity index is 2400. The Hall–Kier alpha value is -4.79. The van der Waals surface area contributed by atoms with Crippen LogP contribution in [0.1, 0.15) is 50.3 Å². The maximum atomic E-state index is 15.5. The van der Waals surface area contributed by atoms with Crippen molar-refractivity contribution in [2.24, 2.45) is 0 Å². The van der Waals surface area contributed by atoms with E-state index < -0.39 is 52.6 Å². The summed E-state index contributed by atoms with van der Waals surface area (Å²) in [4.78, 5) is 12.9. The zero-order valence-electron chi connectivity index (χ0n) is 32.9. The van der Waals surface area contributed by atoms with E-state index in [1.807, 2.05) is 34.7 Å². The lowest BCUT2D eigenvalue weighted by molar-refractivity contribution is 0.0480. The van der Waals surface area contributed by atoms with Gasteiger partial charge in [-0.25, -0.2) is 21.6 Å². The number of benzene rings is 4. The number of hydrogen-bond acceptors (Lipinski definition) is 12. The minimum atomic E-state index is -4.71. The van der Waals surface area contributed by atoms with Crippen molar-refractivity contribution in [1.82, 2.24) is 29.8 Å². The van der Waals surface area contributed by atoms with E-state index in [9.17, 15) is 13.2 Å². The van der Waals surface area contributed by atoms with Crippen molar-refractivity contribution in [1.29, 1.82) is 0 Å². The first kappa shape index (κ1) is 42.8. The summed E-state index contributed by atoms with van der Waals surface area (Å²) in [6, 6.07) is 23.6. The van der Waals surface area contributed by atoms with E-state index in [2.05, 4.69) is 20.7 Å². The number of ether oxygens (including phenoxy) is 4. The van der Waals surface area contributed by atoms with Gasteiger partial charge < -0.3 is 24.3 Å². The molecule has 5 aromatic rings. The van der Waals surface area contributed by atoms with Crippen molar-refractivity contribution < 1.29 is 40.6 Å². The highest BCUT2D eigenvalue weighted by molar-refractivity contribution is 14.1. The zero-order valence-corrected chi connectivity index (χ0v) is 36.7. The molecule has 6 rings (SSSR count).